The van der Waals surface area contributed by atoms with Crippen LogP contribution < -0.4 is 0 Å². The van der Waals surface area contributed by atoms with E-state index in [4.69, 9.17) is 8.83 Å². The Bertz CT molecular complexity index is 2300. The van der Waals surface area contributed by atoms with Gasteiger partial charge in [0.05, 0.1) is 0 Å². The van der Waals surface area contributed by atoms with Gasteiger partial charge >= 0.3 is 0 Å². The lowest BCUT2D eigenvalue weighted by Gasteiger charge is -2.21. The predicted octanol–water partition coefficient (Wildman–Crippen LogP) is 10.8. The molecule has 0 aliphatic heterocycles. The molecule has 9 rings (SSSR count). The first-order valence-corrected chi connectivity index (χ1v) is 13.9. The van der Waals surface area contributed by atoms with Gasteiger partial charge in [0.1, 0.15) is 22.3 Å². The second-order valence-corrected chi connectivity index (χ2v) is 10.9. The van der Waals surface area contributed by atoms with E-state index < -0.39 is 0 Å². The maximum absolute atomic E-state index is 6.30. The number of furan rings is 2. The molecule has 2 heteroatoms. The smallest absolute Gasteiger partial charge is 0.139 e. The van der Waals surface area contributed by atoms with E-state index >= 15 is 0 Å². The van der Waals surface area contributed by atoms with Gasteiger partial charge in [0.25, 0.3) is 0 Å². The van der Waals surface area contributed by atoms with Crippen LogP contribution in [-0.2, 0) is 0 Å². The molecule has 0 amide bonds. The Morgan fingerprint density at radius 3 is 2.05 bits per heavy atom. The molecule has 0 saturated carbocycles. The van der Waals surface area contributed by atoms with Gasteiger partial charge in [0.2, 0.25) is 0 Å². The van der Waals surface area contributed by atoms with Crippen molar-refractivity contribution in [3.8, 4) is 11.1 Å². The molecule has 0 bridgehead atoms. The highest BCUT2D eigenvalue weighted by atomic mass is 16.3. The van der Waals surface area contributed by atoms with Gasteiger partial charge in [-0.3, -0.25) is 0 Å². The van der Waals surface area contributed by atoms with Gasteiger partial charge in [-0.1, -0.05) is 85.0 Å². The normalized spacial score (nSPS) is 16.8. The first-order valence-electron chi connectivity index (χ1n) is 13.9. The summed E-state index contributed by atoms with van der Waals surface area (Å²) in [5.41, 5.74) is 9.75. The highest BCUT2D eigenvalue weighted by Crippen LogP contribution is 2.40. The number of rotatable bonds is 2. The van der Waals surface area contributed by atoms with Gasteiger partial charge in [-0.15, -0.1) is 0 Å². The zero-order valence-corrected chi connectivity index (χ0v) is 21.7. The van der Waals surface area contributed by atoms with Crippen LogP contribution in [0.1, 0.15) is 12.0 Å². The molecule has 0 N–H and O–H groups in total. The number of benzene rings is 5. The summed E-state index contributed by atoms with van der Waals surface area (Å²) in [6.45, 7) is 0. The molecule has 0 saturated heterocycles. The van der Waals surface area contributed by atoms with E-state index in [-0.39, 0.29) is 0 Å². The van der Waals surface area contributed by atoms with Crippen molar-refractivity contribution in [3.05, 3.63) is 139 Å². The van der Waals surface area contributed by atoms with Gasteiger partial charge in [0.15, 0.2) is 0 Å². The number of hydrogen-bond donors (Lipinski definition) is 0. The maximum Gasteiger partial charge on any atom is 0.139 e. The van der Waals surface area contributed by atoms with E-state index in [0.717, 1.165) is 50.3 Å². The van der Waals surface area contributed by atoms with Crippen molar-refractivity contribution in [2.24, 2.45) is 5.92 Å². The summed E-state index contributed by atoms with van der Waals surface area (Å²) >= 11 is 0. The van der Waals surface area contributed by atoms with Crippen molar-refractivity contribution >= 4 is 60.2 Å². The molecule has 2 heterocycles. The molecule has 2 aliphatic carbocycles. The molecule has 5 aromatic carbocycles. The number of fused-ring (bicyclic) bond motifs is 8. The maximum atomic E-state index is 6.30. The Morgan fingerprint density at radius 1 is 0.550 bits per heavy atom. The van der Waals surface area contributed by atoms with Crippen molar-refractivity contribution in [1.29, 1.82) is 0 Å². The fourth-order valence-corrected chi connectivity index (χ4v) is 6.44. The average molecular weight is 513 g/mol. The quantitative estimate of drug-likeness (QED) is 0.230. The molecule has 1 unspecified atom stereocenters. The van der Waals surface area contributed by atoms with Crippen LogP contribution in [0.3, 0.4) is 0 Å². The molecule has 0 spiro atoms. The minimum absolute atomic E-state index is 0.495. The predicted molar refractivity (Wildman–Crippen MR) is 166 cm³/mol. The zero-order chi connectivity index (χ0) is 26.2. The largest absolute Gasteiger partial charge is 0.456 e. The van der Waals surface area contributed by atoms with E-state index in [0.29, 0.717) is 5.92 Å². The first kappa shape index (κ1) is 21.8. The van der Waals surface area contributed by atoms with Gasteiger partial charge in [-0.25, -0.2) is 0 Å². The van der Waals surface area contributed by atoms with Crippen LogP contribution in [0.2, 0.25) is 0 Å². The van der Waals surface area contributed by atoms with Crippen LogP contribution in [0.25, 0.3) is 71.3 Å². The first-order chi connectivity index (χ1) is 19.8. The van der Waals surface area contributed by atoms with Gasteiger partial charge < -0.3 is 8.83 Å². The van der Waals surface area contributed by atoms with E-state index in [2.05, 4.69) is 121 Å². The fourth-order valence-electron chi connectivity index (χ4n) is 6.44. The monoisotopic (exact) mass is 512 g/mol. The third kappa shape index (κ3) is 3.29. The molecule has 0 radical (unpaired) electrons. The van der Waals surface area contributed by atoms with Crippen LogP contribution in [0.15, 0.2) is 142 Å². The third-order valence-corrected chi connectivity index (χ3v) is 8.56. The van der Waals surface area contributed by atoms with Crippen LogP contribution in [0.4, 0.5) is 0 Å². The van der Waals surface area contributed by atoms with Crippen LogP contribution in [0.5, 0.6) is 0 Å². The lowest BCUT2D eigenvalue weighted by Crippen LogP contribution is -2.05. The van der Waals surface area contributed by atoms with Crippen molar-refractivity contribution in [2.75, 3.05) is 0 Å². The topological polar surface area (TPSA) is 26.3 Å². The van der Waals surface area contributed by atoms with Gasteiger partial charge in [-0.05, 0) is 81.4 Å². The summed E-state index contributed by atoms with van der Waals surface area (Å²) in [6, 6.07) is 32.5. The summed E-state index contributed by atoms with van der Waals surface area (Å²) in [5.74, 6) is 0.495. The Hall–Kier alpha value is -5.08. The van der Waals surface area contributed by atoms with Crippen LogP contribution >= 0.6 is 0 Å². The summed E-state index contributed by atoms with van der Waals surface area (Å²) < 4.78 is 12.6. The minimum atomic E-state index is 0.495. The third-order valence-electron chi connectivity index (χ3n) is 8.56. The van der Waals surface area contributed by atoms with Crippen LogP contribution in [-0.4, -0.2) is 0 Å². The van der Waals surface area contributed by atoms with E-state index in [1.807, 2.05) is 6.07 Å². The van der Waals surface area contributed by atoms with Gasteiger partial charge in [0, 0.05) is 33.5 Å². The fraction of sp³-hybridized carbons (Fsp3) is 0.0526. The molecule has 188 valence electrons. The Morgan fingerprint density at radius 2 is 1.23 bits per heavy atom. The Kier molecular flexibility index (Phi) is 4.48. The second kappa shape index (κ2) is 8.21. The highest BCUT2D eigenvalue weighted by molar-refractivity contribution is 6.16. The summed E-state index contributed by atoms with van der Waals surface area (Å²) in [5, 5.41) is 6.98. The SMILES string of the molecule is C1=CC2=CC(c3ccc4oc5cc6oc7ccc(-c8ccc9ccccc9c8)cc7c6cc5c4c3)=CCC2C=C1. The Labute approximate surface area is 230 Å². The lowest BCUT2D eigenvalue weighted by molar-refractivity contribution is 0.656. The van der Waals surface area contributed by atoms with Crippen LogP contribution in [0, 0.1) is 5.92 Å². The molecular formula is C38H24O2. The summed E-state index contributed by atoms with van der Waals surface area (Å²) in [4.78, 5) is 0. The molecule has 2 nitrogen and oxygen atoms in total. The average Bonchev–Trinajstić information content (AvgIpc) is 3.55. The Balaban J connectivity index is 1.19. The van der Waals surface area contributed by atoms with Crippen molar-refractivity contribution in [3.63, 3.8) is 0 Å². The van der Waals surface area contributed by atoms with Crippen molar-refractivity contribution in [2.45, 2.75) is 6.42 Å². The molecule has 2 aliphatic rings. The van der Waals surface area contributed by atoms with E-state index in [1.165, 1.54) is 38.6 Å². The van der Waals surface area contributed by atoms with Crippen molar-refractivity contribution < 1.29 is 8.83 Å². The zero-order valence-electron chi connectivity index (χ0n) is 21.7. The van der Waals surface area contributed by atoms with E-state index in [9.17, 15) is 0 Å². The summed E-state index contributed by atoms with van der Waals surface area (Å²) in [7, 11) is 0. The summed E-state index contributed by atoms with van der Waals surface area (Å²) in [6.07, 6.45) is 14.5. The van der Waals surface area contributed by atoms with Gasteiger partial charge in [-0.2, -0.15) is 0 Å². The molecule has 7 aromatic rings. The number of hydrogen-bond acceptors (Lipinski definition) is 2. The standard InChI is InChI=1S/C38H24O2/c1-3-7-25-17-27(11-9-23(25)5-1)29-13-15-35-31(19-29)33-21-34-32-20-30(14-16-36(32)40-38(34)22-37(33)39-35)28-12-10-24-6-2-4-8-26(24)18-28/h1-9,11-22,24H,10H2. The molecule has 40 heavy (non-hydrogen) atoms. The second-order valence-electron chi connectivity index (χ2n) is 10.9. The number of allylic oxidation sites excluding steroid dienone is 8. The molecule has 1 atom stereocenters. The lowest BCUT2D eigenvalue weighted by atomic mass is 9.84. The highest BCUT2D eigenvalue weighted by Gasteiger charge is 2.18. The van der Waals surface area contributed by atoms with E-state index in [1.54, 1.807) is 0 Å². The minimum Gasteiger partial charge on any atom is -0.456 e. The van der Waals surface area contributed by atoms with Crippen molar-refractivity contribution in [1.82, 2.24) is 0 Å². The molecule has 2 aromatic heterocycles. The molecular weight excluding hydrogens is 488 g/mol. The molecule has 0 fully saturated rings.